The lowest BCUT2D eigenvalue weighted by molar-refractivity contribution is -0.0602. The zero-order chi connectivity index (χ0) is 13.7. The van der Waals surface area contributed by atoms with E-state index in [4.69, 9.17) is 5.73 Å². The summed E-state index contributed by atoms with van der Waals surface area (Å²) in [5, 5.41) is 2.17. The molecule has 3 heteroatoms. The van der Waals surface area contributed by atoms with E-state index in [1.54, 1.807) is 0 Å². The number of halogens is 1. The van der Waals surface area contributed by atoms with Crippen LogP contribution in [0.1, 0.15) is 49.8 Å². The van der Waals surface area contributed by atoms with Gasteiger partial charge in [-0.15, -0.1) is 11.3 Å². The second-order valence-electron chi connectivity index (χ2n) is 7.82. The van der Waals surface area contributed by atoms with Gasteiger partial charge in [0.2, 0.25) is 0 Å². The van der Waals surface area contributed by atoms with Crippen LogP contribution < -0.4 is 5.73 Å². The van der Waals surface area contributed by atoms with Crippen molar-refractivity contribution in [3.05, 3.63) is 20.8 Å². The first-order chi connectivity index (χ1) is 9.60. The Morgan fingerprint density at radius 2 is 1.80 bits per heavy atom. The average molecular weight is 354 g/mol. The first kappa shape index (κ1) is 13.8. The SMILES string of the molecule is NC(Cc1cc(Br)cs1)CC12CC3CC(CC(C3)C1)C2. The third-order valence-corrected chi connectivity index (χ3v) is 7.67. The first-order valence-electron chi connectivity index (χ1n) is 8.09. The summed E-state index contributed by atoms with van der Waals surface area (Å²) in [4.78, 5) is 1.44. The number of thiophene rings is 1. The van der Waals surface area contributed by atoms with Gasteiger partial charge in [0.1, 0.15) is 0 Å². The Morgan fingerprint density at radius 3 is 2.30 bits per heavy atom. The van der Waals surface area contributed by atoms with Crippen LogP contribution >= 0.6 is 27.3 Å². The molecule has 0 spiro atoms. The molecule has 4 fully saturated rings. The molecular weight excluding hydrogens is 330 g/mol. The summed E-state index contributed by atoms with van der Waals surface area (Å²) in [7, 11) is 0. The van der Waals surface area contributed by atoms with Gasteiger partial charge in [-0.1, -0.05) is 0 Å². The minimum atomic E-state index is 0.358. The Kier molecular flexibility index (Phi) is 3.51. The van der Waals surface area contributed by atoms with Gasteiger partial charge < -0.3 is 5.73 Å². The highest BCUT2D eigenvalue weighted by molar-refractivity contribution is 9.10. The van der Waals surface area contributed by atoms with Gasteiger partial charge in [-0.25, -0.2) is 0 Å². The van der Waals surface area contributed by atoms with Crippen LogP contribution in [0.25, 0.3) is 0 Å². The van der Waals surface area contributed by atoms with Crippen LogP contribution in [0.4, 0.5) is 0 Å². The molecule has 1 aromatic rings. The first-order valence-corrected chi connectivity index (χ1v) is 9.76. The highest BCUT2D eigenvalue weighted by Gasteiger charge is 2.50. The third kappa shape index (κ3) is 2.62. The Labute approximate surface area is 134 Å². The van der Waals surface area contributed by atoms with Crippen molar-refractivity contribution in [3.63, 3.8) is 0 Å². The van der Waals surface area contributed by atoms with E-state index in [0.29, 0.717) is 11.5 Å². The summed E-state index contributed by atoms with van der Waals surface area (Å²) in [6.07, 6.45) is 11.4. The van der Waals surface area contributed by atoms with Crippen LogP contribution in [0.5, 0.6) is 0 Å². The van der Waals surface area contributed by atoms with E-state index in [0.717, 1.165) is 24.2 Å². The highest BCUT2D eigenvalue weighted by atomic mass is 79.9. The maximum atomic E-state index is 6.53. The molecule has 110 valence electrons. The predicted octanol–water partition coefficient (Wildman–Crippen LogP) is 4.99. The molecule has 4 aliphatic rings. The van der Waals surface area contributed by atoms with Crippen LogP contribution in [-0.2, 0) is 6.42 Å². The van der Waals surface area contributed by atoms with Crippen molar-refractivity contribution >= 4 is 27.3 Å². The van der Waals surface area contributed by atoms with Crippen molar-refractivity contribution in [2.45, 2.75) is 57.4 Å². The van der Waals surface area contributed by atoms with Gasteiger partial charge in [-0.2, -0.15) is 0 Å². The molecule has 0 aromatic carbocycles. The Morgan fingerprint density at radius 1 is 1.20 bits per heavy atom. The lowest BCUT2D eigenvalue weighted by Crippen LogP contribution is -2.48. The summed E-state index contributed by atoms with van der Waals surface area (Å²) in [6.45, 7) is 0. The van der Waals surface area contributed by atoms with Gasteiger partial charge in [0.15, 0.2) is 0 Å². The number of rotatable bonds is 4. The van der Waals surface area contributed by atoms with Crippen molar-refractivity contribution in [1.82, 2.24) is 0 Å². The maximum Gasteiger partial charge on any atom is 0.0285 e. The molecule has 20 heavy (non-hydrogen) atoms. The summed E-state index contributed by atoms with van der Waals surface area (Å²) >= 11 is 5.39. The Hall–Kier alpha value is 0.140. The zero-order valence-electron chi connectivity index (χ0n) is 12.0. The van der Waals surface area contributed by atoms with Crippen LogP contribution in [0.2, 0.25) is 0 Å². The number of hydrogen-bond donors (Lipinski definition) is 1. The normalized spacial score (nSPS) is 40.2. The summed E-state index contributed by atoms with van der Waals surface area (Å²) in [6, 6.07) is 2.60. The average Bonchev–Trinajstić information content (AvgIpc) is 2.71. The largest absolute Gasteiger partial charge is 0.327 e. The van der Waals surface area contributed by atoms with E-state index in [-0.39, 0.29) is 0 Å². The van der Waals surface area contributed by atoms with Gasteiger partial charge in [-0.3, -0.25) is 0 Å². The van der Waals surface area contributed by atoms with Crippen molar-refractivity contribution in [2.75, 3.05) is 0 Å². The molecule has 1 atom stereocenters. The topological polar surface area (TPSA) is 26.0 Å². The third-order valence-electron chi connectivity index (χ3n) is 5.95. The van der Waals surface area contributed by atoms with E-state index in [2.05, 4.69) is 27.4 Å². The van der Waals surface area contributed by atoms with Crippen molar-refractivity contribution in [2.24, 2.45) is 28.9 Å². The minimum Gasteiger partial charge on any atom is -0.327 e. The van der Waals surface area contributed by atoms with Gasteiger partial charge in [0.05, 0.1) is 0 Å². The molecule has 2 N–H and O–H groups in total. The minimum absolute atomic E-state index is 0.358. The molecule has 1 aromatic heterocycles. The van der Waals surface area contributed by atoms with Gasteiger partial charge in [-0.05, 0) is 96.5 Å². The lowest BCUT2D eigenvalue weighted by Gasteiger charge is -2.57. The molecule has 5 rings (SSSR count). The molecule has 0 aliphatic heterocycles. The van der Waals surface area contributed by atoms with Crippen LogP contribution in [-0.4, -0.2) is 6.04 Å². The second kappa shape index (κ2) is 5.10. The fourth-order valence-corrected chi connectivity index (χ4v) is 7.43. The monoisotopic (exact) mass is 353 g/mol. The second-order valence-corrected chi connectivity index (χ2v) is 9.73. The quantitative estimate of drug-likeness (QED) is 0.810. The molecule has 0 radical (unpaired) electrons. The molecule has 4 bridgehead atoms. The fourth-order valence-electron chi connectivity index (χ4n) is 5.89. The lowest BCUT2D eigenvalue weighted by atomic mass is 9.48. The number of hydrogen-bond acceptors (Lipinski definition) is 2. The van der Waals surface area contributed by atoms with E-state index >= 15 is 0 Å². The summed E-state index contributed by atoms with van der Waals surface area (Å²) < 4.78 is 1.21. The van der Waals surface area contributed by atoms with Crippen molar-refractivity contribution in [3.8, 4) is 0 Å². The predicted molar refractivity (Wildman–Crippen MR) is 88.9 cm³/mol. The van der Waals surface area contributed by atoms with Crippen molar-refractivity contribution in [1.29, 1.82) is 0 Å². The molecular formula is C17H24BrNS. The van der Waals surface area contributed by atoms with E-state index < -0.39 is 0 Å². The van der Waals surface area contributed by atoms with Gasteiger partial charge >= 0.3 is 0 Å². The van der Waals surface area contributed by atoms with Gasteiger partial charge in [0, 0.05) is 20.8 Å². The molecule has 1 heterocycles. The molecule has 0 saturated heterocycles. The highest BCUT2D eigenvalue weighted by Crippen LogP contribution is 2.61. The molecule has 1 unspecified atom stereocenters. The van der Waals surface area contributed by atoms with Gasteiger partial charge in [0.25, 0.3) is 0 Å². The zero-order valence-corrected chi connectivity index (χ0v) is 14.4. The summed E-state index contributed by atoms with van der Waals surface area (Å²) in [5.41, 5.74) is 7.16. The van der Waals surface area contributed by atoms with Crippen LogP contribution in [0, 0.1) is 23.2 Å². The van der Waals surface area contributed by atoms with E-state index in [9.17, 15) is 0 Å². The maximum absolute atomic E-state index is 6.53. The molecule has 4 aliphatic carbocycles. The molecule has 4 saturated carbocycles. The van der Waals surface area contributed by atoms with E-state index in [1.165, 1.54) is 54.3 Å². The summed E-state index contributed by atoms with van der Waals surface area (Å²) in [5.74, 6) is 3.14. The van der Waals surface area contributed by atoms with Crippen LogP contribution in [0.15, 0.2) is 15.9 Å². The van der Waals surface area contributed by atoms with E-state index in [1.807, 2.05) is 11.3 Å². The standard InChI is InChI=1S/C17H24BrNS/c18-14-4-16(20-10-14)5-15(19)9-17-6-11-1-12(7-17)3-13(2-11)8-17/h4,10-13,15H,1-3,5-9,19H2. The molecule has 0 amide bonds. The Balaban J connectivity index is 1.43. The molecule has 1 nitrogen and oxygen atoms in total. The number of nitrogens with two attached hydrogens (primary N) is 1. The fraction of sp³-hybridized carbons (Fsp3) is 0.765. The smallest absolute Gasteiger partial charge is 0.0285 e. The van der Waals surface area contributed by atoms with Crippen LogP contribution in [0.3, 0.4) is 0 Å². The Bertz CT molecular complexity index is 460. The van der Waals surface area contributed by atoms with Crippen molar-refractivity contribution < 1.29 is 0 Å².